The number of aliphatic imine (C=N–C) groups is 1. The second-order valence-corrected chi connectivity index (χ2v) is 8.01. The van der Waals surface area contributed by atoms with Crippen molar-refractivity contribution >= 4 is 47.4 Å². The fourth-order valence-corrected chi connectivity index (χ4v) is 4.04. The van der Waals surface area contributed by atoms with Crippen molar-refractivity contribution in [3.05, 3.63) is 34.9 Å². The average molecular weight is 535 g/mol. The number of hydrogen-bond donors (Lipinski definition) is 2. The zero-order chi connectivity index (χ0) is 19.8. The molecule has 1 saturated carbocycles. The second kappa shape index (κ2) is 12.6. The maximum Gasteiger partial charge on any atom is 0.225 e. The molecule has 8 heteroatoms. The van der Waals surface area contributed by atoms with Crippen LogP contribution in [0.25, 0.3) is 0 Å². The number of guanidine groups is 1. The highest BCUT2D eigenvalue weighted by Crippen LogP contribution is 2.27. The van der Waals surface area contributed by atoms with Gasteiger partial charge in [-0.15, -0.1) is 24.0 Å². The van der Waals surface area contributed by atoms with E-state index in [0.717, 1.165) is 48.9 Å². The summed E-state index contributed by atoms with van der Waals surface area (Å²) in [5.41, 5.74) is 1.10. The second-order valence-electron chi connectivity index (χ2n) is 7.57. The number of rotatable bonds is 7. The lowest BCUT2D eigenvalue weighted by Gasteiger charge is -2.21. The van der Waals surface area contributed by atoms with E-state index in [1.165, 1.54) is 12.8 Å². The number of ether oxygens (including phenoxy) is 1. The zero-order valence-electron chi connectivity index (χ0n) is 17.0. The molecule has 1 aromatic carbocycles. The van der Waals surface area contributed by atoms with Crippen LogP contribution in [0.15, 0.2) is 29.3 Å². The molecule has 1 amide bonds. The van der Waals surface area contributed by atoms with Crippen LogP contribution in [0, 0.1) is 5.92 Å². The van der Waals surface area contributed by atoms with Crippen molar-refractivity contribution < 1.29 is 9.53 Å². The first-order chi connectivity index (χ1) is 13.7. The lowest BCUT2D eigenvalue weighted by Crippen LogP contribution is -2.46. The molecule has 2 fully saturated rings. The molecule has 0 bridgehead atoms. The fourth-order valence-electron chi connectivity index (χ4n) is 3.91. The SMILES string of the molecule is CN=C(NCCOCc1ccc(Cl)cc1)NC1CCN(C(=O)C2CCCC2)C1.I. The summed E-state index contributed by atoms with van der Waals surface area (Å²) >= 11 is 5.88. The summed E-state index contributed by atoms with van der Waals surface area (Å²) in [6.07, 6.45) is 5.48. The van der Waals surface area contributed by atoms with Crippen molar-refractivity contribution in [1.29, 1.82) is 0 Å². The van der Waals surface area contributed by atoms with Gasteiger partial charge in [0.05, 0.1) is 13.2 Å². The number of nitrogens with one attached hydrogen (secondary N) is 2. The minimum atomic E-state index is 0. The number of amides is 1. The Morgan fingerprint density at radius 1 is 1.24 bits per heavy atom. The third kappa shape index (κ3) is 7.61. The number of carbonyl (C=O) groups is 1. The van der Waals surface area contributed by atoms with Crippen LogP contribution in [-0.2, 0) is 16.1 Å². The predicted octanol–water partition coefficient (Wildman–Crippen LogP) is 3.43. The van der Waals surface area contributed by atoms with Gasteiger partial charge in [-0.05, 0) is 37.0 Å². The Hall–Kier alpha value is -1.06. The Labute approximate surface area is 195 Å². The van der Waals surface area contributed by atoms with Gasteiger partial charge < -0.3 is 20.3 Å². The van der Waals surface area contributed by atoms with E-state index >= 15 is 0 Å². The third-order valence-electron chi connectivity index (χ3n) is 5.49. The van der Waals surface area contributed by atoms with E-state index in [1.54, 1.807) is 7.05 Å². The molecule has 1 aromatic rings. The normalized spacial score (nSPS) is 19.9. The summed E-state index contributed by atoms with van der Waals surface area (Å²) in [7, 11) is 1.76. The molecule has 2 N–H and O–H groups in total. The maximum absolute atomic E-state index is 12.6. The number of nitrogens with zero attached hydrogens (tertiary/aromatic N) is 2. The van der Waals surface area contributed by atoms with Crippen molar-refractivity contribution in [2.45, 2.75) is 44.8 Å². The molecule has 1 unspecified atom stereocenters. The van der Waals surface area contributed by atoms with Crippen molar-refractivity contribution in [1.82, 2.24) is 15.5 Å². The summed E-state index contributed by atoms with van der Waals surface area (Å²) in [6.45, 7) is 3.42. The van der Waals surface area contributed by atoms with E-state index in [0.29, 0.717) is 25.7 Å². The van der Waals surface area contributed by atoms with E-state index in [2.05, 4.69) is 15.6 Å². The van der Waals surface area contributed by atoms with Gasteiger partial charge in [-0.2, -0.15) is 0 Å². The molecule has 6 nitrogen and oxygen atoms in total. The van der Waals surface area contributed by atoms with Crippen LogP contribution in [0.1, 0.15) is 37.7 Å². The first kappa shape index (κ1) is 24.2. The Morgan fingerprint density at radius 3 is 2.66 bits per heavy atom. The topological polar surface area (TPSA) is 66.0 Å². The highest BCUT2D eigenvalue weighted by atomic mass is 127. The summed E-state index contributed by atoms with van der Waals surface area (Å²) in [5, 5.41) is 7.44. The van der Waals surface area contributed by atoms with Gasteiger partial charge in [-0.25, -0.2) is 0 Å². The minimum absolute atomic E-state index is 0. The molecule has 162 valence electrons. The van der Waals surface area contributed by atoms with Gasteiger partial charge in [0.1, 0.15) is 0 Å². The molecule has 1 aliphatic carbocycles. The molecule has 1 saturated heterocycles. The maximum atomic E-state index is 12.6. The van der Waals surface area contributed by atoms with E-state index in [9.17, 15) is 4.79 Å². The van der Waals surface area contributed by atoms with Crippen LogP contribution >= 0.6 is 35.6 Å². The van der Waals surface area contributed by atoms with Gasteiger partial charge in [0.25, 0.3) is 0 Å². The Morgan fingerprint density at radius 2 is 1.97 bits per heavy atom. The zero-order valence-corrected chi connectivity index (χ0v) is 20.1. The summed E-state index contributed by atoms with van der Waals surface area (Å²) < 4.78 is 5.69. The third-order valence-corrected chi connectivity index (χ3v) is 5.74. The van der Waals surface area contributed by atoms with Gasteiger partial charge in [-0.1, -0.05) is 36.6 Å². The number of benzene rings is 1. The van der Waals surface area contributed by atoms with Crippen LogP contribution < -0.4 is 10.6 Å². The Balaban J connectivity index is 0.00000300. The molecule has 2 aliphatic rings. The van der Waals surface area contributed by atoms with Crippen LogP contribution in [-0.4, -0.2) is 56.1 Å². The average Bonchev–Trinajstić information content (AvgIpc) is 3.40. The fraction of sp³-hybridized carbons (Fsp3) is 0.619. The highest BCUT2D eigenvalue weighted by Gasteiger charge is 2.32. The number of hydrogen-bond acceptors (Lipinski definition) is 3. The van der Waals surface area contributed by atoms with E-state index < -0.39 is 0 Å². The van der Waals surface area contributed by atoms with E-state index in [-0.39, 0.29) is 35.9 Å². The Bertz CT molecular complexity index is 665. The van der Waals surface area contributed by atoms with Crippen molar-refractivity contribution in [3.63, 3.8) is 0 Å². The standard InChI is InChI=1S/C21H31ClN4O2.HI/c1-23-21(24-11-13-28-15-16-6-8-18(22)9-7-16)25-19-10-12-26(14-19)20(27)17-4-2-3-5-17;/h6-9,17,19H,2-5,10-15H2,1H3,(H2,23,24,25);1H. The first-order valence-electron chi connectivity index (χ1n) is 10.2. The molecule has 29 heavy (non-hydrogen) atoms. The lowest BCUT2D eigenvalue weighted by molar-refractivity contribution is -0.134. The van der Waals surface area contributed by atoms with E-state index in [4.69, 9.17) is 16.3 Å². The number of carbonyl (C=O) groups excluding carboxylic acids is 1. The minimum Gasteiger partial charge on any atom is -0.375 e. The molecular formula is C21H32ClIN4O2. The van der Waals surface area contributed by atoms with Gasteiger partial charge in [0.2, 0.25) is 5.91 Å². The molecule has 1 atom stereocenters. The number of likely N-dealkylation sites (tertiary alicyclic amines) is 1. The predicted molar refractivity (Wildman–Crippen MR) is 128 cm³/mol. The van der Waals surface area contributed by atoms with E-state index in [1.807, 2.05) is 29.2 Å². The molecule has 0 spiro atoms. The van der Waals surface area contributed by atoms with Gasteiger partial charge in [-0.3, -0.25) is 9.79 Å². The summed E-state index contributed by atoms with van der Waals surface area (Å²) in [5.74, 6) is 1.37. The quantitative estimate of drug-likeness (QED) is 0.243. The largest absolute Gasteiger partial charge is 0.375 e. The Kier molecular flexibility index (Phi) is 10.5. The first-order valence-corrected chi connectivity index (χ1v) is 10.6. The van der Waals surface area contributed by atoms with Gasteiger partial charge in [0, 0.05) is 43.7 Å². The van der Waals surface area contributed by atoms with Gasteiger partial charge >= 0.3 is 0 Å². The highest BCUT2D eigenvalue weighted by molar-refractivity contribution is 14.0. The summed E-state index contributed by atoms with van der Waals surface area (Å²) in [4.78, 5) is 18.9. The van der Waals surface area contributed by atoms with Crippen molar-refractivity contribution in [3.8, 4) is 0 Å². The molecule has 1 heterocycles. The van der Waals surface area contributed by atoms with Crippen LogP contribution in [0.3, 0.4) is 0 Å². The van der Waals surface area contributed by atoms with Crippen LogP contribution in [0.5, 0.6) is 0 Å². The molecule has 3 rings (SSSR count). The molecular weight excluding hydrogens is 503 g/mol. The summed E-state index contributed by atoms with van der Waals surface area (Å²) in [6, 6.07) is 7.93. The monoisotopic (exact) mass is 534 g/mol. The van der Waals surface area contributed by atoms with Crippen molar-refractivity contribution in [2.24, 2.45) is 10.9 Å². The number of halogens is 2. The molecule has 1 aliphatic heterocycles. The smallest absolute Gasteiger partial charge is 0.225 e. The van der Waals surface area contributed by atoms with Gasteiger partial charge in [0.15, 0.2) is 5.96 Å². The van der Waals surface area contributed by atoms with Crippen LogP contribution in [0.2, 0.25) is 5.02 Å². The molecule has 0 radical (unpaired) electrons. The lowest BCUT2D eigenvalue weighted by atomic mass is 10.1. The van der Waals surface area contributed by atoms with Crippen LogP contribution in [0.4, 0.5) is 0 Å². The van der Waals surface area contributed by atoms with Crippen molar-refractivity contribution in [2.75, 3.05) is 33.3 Å². The molecule has 0 aromatic heterocycles.